The SMILES string of the molecule is Cc1ccc(Cn2c(=O)c3sccc3n(CC(=O)N(C)C3CCCCC3)c2=O)cc1C. The van der Waals surface area contributed by atoms with Crippen LogP contribution in [0.25, 0.3) is 10.2 Å². The van der Waals surface area contributed by atoms with Crippen molar-refractivity contribution >= 4 is 27.5 Å². The Hall–Kier alpha value is -2.67. The van der Waals surface area contributed by atoms with Gasteiger partial charge in [-0.15, -0.1) is 11.3 Å². The molecule has 0 saturated heterocycles. The van der Waals surface area contributed by atoms with Crippen molar-refractivity contribution in [2.45, 2.75) is 65.1 Å². The molecule has 1 amide bonds. The van der Waals surface area contributed by atoms with Crippen LogP contribution in [0.2, 0.25) is 0 Å². The zero-order valence-corrected chi connectivity index (χ0v) is 19.2. The second-order valence-corrected chi connectivity index (χ2v) is 9.53. The van der Waals surface area contributed by atoms with Gasteiger partial charge in [0.15, 0.2) is 0 Å². The lowest BCUT2D eigenvalue weighted by atomic mass is 9.94. The number of benzene rings is 1. The maximum atomic E-state index is 13.4. The van der Waals surface area contributed by atoms with Crippen molar-refractivity contribution in [3.8, 4) is 0 Å². The van der Waals surface area contributed by atoms with Crippen molar-refractivity contribution in [1.82, 2.24) is 14.0 Å². The van der Waals surface area contributed by atoms with Gasteiger partial charge in [-0.3, -0.25) is 18.7 Å². The van der Waals surface area contributed by atoms with E-state index in [1.54, 1.807) is 16.3 Å². The van der Waals surface area contributed by atoms with Crippen LogP contribution in [0.3, 0.4) is 0 Å². The monoisotopic (exact) mass is 439 g/mol. The van der Waals surface area contributed by atoms with E-state index >= 15 is 0 Å². The molecular formula is C24H29N3O3S. The second kappa shape index (κ2) is 8.83. The summed E-state index contributed by atoms with van der Waals surface area (Å²) in [4.78, 5) is 41.2. The molecule has 1 aliphatic rings. The third kappa shape index (κ3) is 4.24. The van der Waals surface area contributed by atoms with Gasteiger partial charge in [-0.2, -0.15) is 0 Å². The summed E-state index contributed by atoms with van der Waals surface area (Å²) in [5.74, 6) is -0.0853. The maximum absolute atomic E-state index is 13.4. The number of hydrogen-bond acceptors (Lipinski definition) is 4. The van der Waals surface area contributed by atoms with Gasteiger partial charge < -0.3 is 4.90 Å². The Labute approximate surface area is 185 Å². The quantitative estimate of drug-likeness (QED) is 0.609. The first-order chi connectivity index (χ1) is 14.9. The molecule has 0 unspecified atom stereocenters. The minimum atomic E-state index is -0.431. The molecule has 0 atom stereocenters. The summed E-state index contributed by atoms with van der Waals surface area (Å²) in [6, 6.07) is 7.94. The molecule has 6 nitrogen and oxygen atoms in total. The van der Waals surface area contributed by atoms with Crippen LogP contribution in [0.15, 0.2) is 39.2 Å². The third-order valence-corrected chi connectivity index (χ3v) is 7.45. The smallest absolute Gasteiger partial charge is 0.332 e. The van der Waals surface area contributed by atoms with E-state index in [9.17, 15) is 14.4 Å². The number of hydrogen-bond donors (Lipinski definition) is 0. The van der Waals surface area contributed by atoms with Gasteiger partial charge in [0, 0.05) is 13.1 Å². The molecule has 1 saturated carbocycles. The number of aromatic nitrogens is 2. The van der Waals surface area contributed by atoms with Crippen molar-refractivity contribution in [3.63, 3.8) is 0 Å². The number of rotatable bonds is 5. The Kier molecular flexibility index (Phi) is 6.14. The van der Waals surface area contributed by atoms with Crippen LogP contribution in [0.4, 0.5) is 0 Å². The first kappa shape index (κ1) is 21.6. The second-order valence-electron chi connectivity index (χ2n) is 8.61. The van der Waals surface area contributed by atoms with E-state index in [-0.39, 0.29) is 30.6 Å². The van der Waals surface area contributed by atoms with Crippen molar-refractivity contribution in [2.24, 2.45) is 0 Å². The number of likely N-dealkylation sites (N-methyl/N-ethyl adjacent to an activating group) is 1. The van der Waals surface area contributed by atoms with E-state index in [1.165, 1.54) is 32.5 Å². The minimum Gasteiger partial charge on any atom is -0.341 e. The lowest BCUT2D eigenvalue weighted by Crippen LogP contribution is -2.45. The molecule has 0 aliphatic heterocycles. The van der Waals surface area contributed by atoms with Crippen LogP contribution in [0.5, 0.6) is 0 Å². The van der Waals surface area contributed by atoms with Crippen LogP contribution < -0.4 is 11.2 Å². The highest BCUT2D eigenvalue weighted by atomic mass is 32.1. The Morgan fingerprint density at radius 2 is 1.81 bits per heavy atom. The van der Waals surface area contributed by atoms with Crippen LogP contribution in [-0.2, 0) is 17.9 Å². The molecule has 1 aromatic carbocycles. The standard InChI is InChI=1S/C24H29N3O3S/c1-16-9-10-18(13-17(16)2)14-27-23(29)22-20(11-12-31-22)26(24(27)30)15-21(28)25(3)19-7-5-4-6-8-19/h9-13,19H,4-8,14-15H2,1-3H3. The normalized spacial score (nSPS) is 14.8. The van der Waals surface area contributed by atoms with E-state index in [0.29, 0.717) is 10.2 Å². The summed E-state index contributed by atoms with van der Waals surface area (Å²) in [5, 5.41) is 1.80. The summed E-state index contributed by atoms with van der Waals surface area (Å²) in [6.07, 6.45) is 5.52. The molecule has 0 radical (unpaired) electrons. The van der Waals surface area contributed by atoms with Crippen molar-refractivity contribution < 1.29 is 4.79 Å². The third-order valence-electron chi connectivity index (χ3n) is 6.56. The molecule has 2 aromatic heterocycles. The maximum Gasteiger partial charge on any atom is 0.332 e. The van der Waals surface area contributed by atoms with Crippen molar-refractivity contribution in [1.29, 1.82) is 0 Å². The van der Waals surface area contributed by atoms with Gasteiger partial charge in [-0.25, -0.2) is 4.79 Å². The highest BCUT2D eigenvalue weighted by Gasteiger charge is 2.24. The van der Waals surface area contributed by atoms with Gasteiger partial charge in [-0.05, 0) is 54.8 Å². The topological polar surface area (TPSA) is 64.3 Å². The van der Waals surface area contributed by atoms with E-state index in [0.717, 1.165) is 36.8 Å². The number of amides is 1. The van der Waals surface area contributed by atoms with Crippen LogP contribution in [0.1, 0.15) is 48.8 Å². The first-order valence-corrected chi connectivity index (χ1v) is 11.8. The molecule has 0 spiro atoms. The highest BCUT2D eigenvalue weighted by molar-refractivity contribution is 7.17. The average molecular weight is 440 g/mol. The number of thiophene rings is 1. The molecular weight excluding hydrogens is 410 g/mol. The molecule has 164 valence electrons. The fraction of sp³-hybridized carbons (Fsp3) is 0.458. The summed E-state index contributed by atoms with van der Waals surface area (Å²) in [7, 11) is 1.83. The van der Waals surface area contributed by atoms with Crippen LogP contribution in [-0.4, -0.2) is 33.0 Å². The fourth-order valence-electron chi connectivity index (χ4n) is 4.43. The van der Waals surface area contributed by atoms with E-state index in [4.69, 9.17) is 0 Å². The average Bonchev–Trinajstić information content (AvgIpc) is 3.26. The number of nitrogens with zero attached hydrogens (tertiary/aromatic N) is 3. The van der Waals surface area contributed by atoms with Gasteiger partial charge in [0.2, 0.25) is 5.91 Å². The largest absolute Gasteiger partial charge is 0.341 e. The number of aryl methyl sites for hydroxylation is 2. The fourth-order valence-corrected chi connectivity index (χ4v) is 5.27. The zero-order valence-electron chi connectivity index (χ0n) is 18.4. The molecule has 1 aliphatic carbocycles. The van der Waals surface area contributed by atoms with Crippen LogP contribution in [0, 0.1) is 13.8 Å². The minimum absolute atomic E-state index is 0.0493. The molecule has 4 rings (SSSR count). The predicted octanol–water partition coefficient (Wildman–Crippen LogP) is 3.68. The lowest BCUT2D eigenvalue weighted by Gasteiger charge is -2.31. The highest BCUT2D eigenvalue weighted by Crippen LogP contribution is 2.22. The Balaban J connectivity index is 1.70. The molecule has 7 heteroatoms. The van der Waals surface area contributed by atoms with E-state index < -0.39 is 5.69 Å². The van der Waals surface area contributed by atoms with Gasteiger partial charge in [0.05, 0.1) is 12.1 Å². The zero-order chi connectivity index (χ0) is 22.1. The van der Waals surface area contributed by atoms with Crippen LogP contribution >= 0.6 is 11.3 Å². The Morgan fingerprint density at radius 1 is 1.06 bits per heavy atom. The lowest BCUT2D eigenvalue weighted by molar-refractivity contribution is -0.133. The van der Waals surface area contributed by atoms with E-state index in [1.807, 2.05) is 39.1 Å². The number of carbonyl (C=O) groups excluding carboxylic acids is 1. The summed E-state index contributed by atoms with van der Waals surface area (Å²) < 4.78 is 3.24. The summed E-state index contributed by atoms with van der Waals surface area (Å²) in [6.45, 7) is 4.19. The van der Waals surface area contributed by atoms with Gasteiger partial charge in [0.1, 0.15) is 11.2 Å². The molecule has 3 aromatic rings. The molecule has 1 fully saturated rings. The predicted molar refractivity (Wildman–Crippen MR) is 125 cm³/mol. The molecule has 31 heavy (non-hydrogen) atoms. The van der Waals surface area contributed by atoms with Gasteiger partial charge >= 0.3 is 5.69 Å². The first-order valence-electron chi connectivity index (χ1n) is 10.9. The van der Waals surface area contributed by atoms with Crippen molar-refractivity contribution in [3.05, 3.63) is 67.2 Å². The summed E-state index contributed by atoms with van der Waals surface area (Å²) >= 11 is 1.31. The van der Waals surface area contributed by atoms with Crippen molar-refractivity contribution in [2.75, 3.05) is 7.05 Å². The summed E-state index contributed by atoms with van der Waals surface area (Å²) in [5.41, 5.74) is 3.00. The Morgan fingerprint density at radius 3 is 2.52 bits per heavy atom. The molecule has 2 heterocycles. The van der Waals surface area contributed by atoms with E-state index in [2.05, 4.69) is 0 Å². The van der Waals surface area contributed by atoms with Gasteiger partial charge in [-0.1, -0.05) is 37.5 Å². The Bertz CT molecular complexity index is 1230. The molecule has 0 N–H and O–H groups in total. The number of carbonyl (C=O) groups is 1. The van der Waals surface area contributed by atoms with Gasteiger partial charge in [0.25, 0.3) is 5.56 Å². The molecule has 0 bridgehead atoms. The number of fused-ring (bicyclic) bond motifs is 1.